The summed E-state index contributed by atoms with van der Waals surface area (Å²) in [6.07, 6.45) is 1.79. The zero-order chi connectivity index (χ0) is 19.0. The first-order valence-corrected chi connectivity index (χ1v) is 9.21. The maximum Gasteiger partial charge on any atom is 0.271 e. The van der Waals surface area contributed by atoms with Gasteiger partial charge in [-0.3, -0.25) is 19.5 Å². The van der Waals surface area contributed by atoms with Gasteiger partial charge in [0.05, 0.1) is 9.46 Å². The van der Waals surface area contributed by atoms with Gasteiger partial charge in [-0.15, -0.1) is 0 Å². The Bertz CT molecular complexity index is 1220. The number of fused-ring (bicyclic) bond motifs is 1. The van der Waals surface area contributed by atoms with Gasteiger partial charge in [-0.2, -0.15) is 0 Å². The highest BCUT2D eigenvalue weighted by Crippen LogP contribution is 2.21. The second-order valence-electron chi connectivity index (χ2n) is 5.94. The van der Waals surface area contributed by atoms with Gasteiger partial charge in [0.25, 0.3) is 11.2 Å². The Morgan fingerprint density at radius 3 is 2.81 bits per heavy atom. The van der Waals surface area contributed by atoms with E-state index in [4.69, 9.17) is 11.6 Å². The molecule has 27 heavy (non-hydrogen) atoms. The predicted octanol–water partition coefficient (Wildman–Crippen LogP) is 2.36. The number of nitrogens with zero attached hydrogens (tertiary/aromatic N) is 4. The minimum absolute atomic E-state index is 0.00550. The fourth-order valence-corrected chi connectivity index (χ4v) is 3.99. The fourth-order valence-electron chi connectivity index (χ4n) is 2.83. The van der Waals surface area contributed by atoms with Crippen LogP contribution in [0.4, 0.5) is 11.4 Å². The van der Waals surface area contributed by atoms with Crippen LogP contribution >= 0.6 is 22.9 Å². The molecule has 0 spiro atoms. The van der Waals surface area contributed by atoms with Crippen LogP contribution in [0.5, 0.6) is 0 Å². The van der Waals surface area contributed by atoms with Gasteiger partial charge in [-0.25, -0.2) is 4.99 Å². The van der Waals surface area contributed by atoms with Gasteiger partial charge in [-0.05, 0) is 29.8 Å². The normalized spacial score (nSPS) is 14.0. The first kappa shape index (κ1) is 17.4. The van der Waals surface area contributed by atoms with Crippen molar-refractivity contribution in [2.45, 2.75) is 6.67 Å². The van der Waals surface area contributed by atoms with E-state index in [9.17, 15) is 14.9 Å². The van der Waals surface area contributed by atoms with Gasteiger partial charge in [0.2, 0.25) is 0 Å². The van der Waals surface area contributed by atoms with E-state index in [0.717, 1.165) is 5.56 Å². The number of nitro benzene ring substituents is 1. The van der Waals surface area contributed by atoms with E-state index >= 15 is 0 Å². The molecule has 0 radical (unpaired) electrons. The average Bonchev–Trinajstić information content (AvgIpc) is 2.97. The molecule has 0 atom stereocenters. The first-order chi connectivity index (χ1) is 13.0. The largest absolute Gasteiger partial charge is 0.333 e. The summed E-state index contributed by atoms with van der Waals surface area (Å²) < 4.78 is 2.14. The van der Waals surface area contributed by atoms with E-state index in [1.807, 2.05) is 17.0 Å². The topological polar surface area (TPSA) is 80.7 Å². The third kappa shape index (κ3) is 3.49. The lowest BCUT2D eigenvalue weighted by Crippen LogP contribution is -2.42. The van der Waals surface area contributed by atoms with Crippen molar-refractivity contribution in [3.63, 3.8) is 0 Å². The number of nitro groups is 1. The van der Waals surface area contributed by atoms with Gasteiger partial charge in [0, 0.05) is 22.8 Å². The number of benzene rings is 2. The maximum absolute atomic E-state index is 12.8. The minimum atomic E-state index is -0.440. The number of aromatic nitrogens is 1. The van der Waals surface area contributed by atoms with Crippen LogP contribution in [0, 0.1) is 10.1 Å². The maximum atomic E-state index is 12.8. The summed E-state index contributed by atoms with van der Waals surface area (Å²) in [6, 6.07) is 13.6. The van der Waals surface area contributed by atoms with E-state index in [2.05, 4.69) is 4.99 Å². The van der Waals surface area contributed by atoms with E-state index in [1.54, 1.807) is 34.9 Å². The number of thiazole rings is 1. The Hall–Kier alpha value is -2.97. The fraction of sp³-hybridized carbons (Fsp3) is 0.111. The van der Waals surface area contributed by atoms with Crippen molar-refractivity contribution in [2.75, 3.05) is 11.6 Å². The molecule has 4 rings (SSSR count). The molecule has 7 nitrogen and oxygen atoms in total. The highest BCUT2D eigenvalue weighted by atomic mass is 35.5. The van der Waals surface area contributed by atoms with Gasteiger partial charge >= 0.3 is 0 Å². The van der Waals surface area contributed by atoms with Crippen molar-refractivity contribution in [2.24, 2.45) is 4.99 Å². The van der Waals surface area contributed by atoms with E-state index < -0.39 is 4.92 Å². The summed E-state index contributed by atoms with van der Waals surface area (Å²) in [5.41, 5.74) is 1.35. The Labute approximate surface area is 162 Å². The molecule has 0 saturated heterocycles. The highest BCUT2D eigenvalue weighted by Gasteiger charge is 2.17. The lowest BCUT2D eigenvalue weighted by molar-refractivity contribution is -0.384. The Morgan fingerprint density at radius 2 is 2.04 bits per heavy atom. The monoisotopic (exact) mass is 400 g/mol. The molecule has 2 aromatic carbocycles. The Morgan fingerprint density at radius 1 is 1.22 bits per heavy atom. The molecular weight excluding hydrogens is 388 g/mol. The lowest BCUT2D eigenvalue weighted by Gasteiger charge is -2.25. The second kappa shape index (κ2) is 6.98. The zero-order valence-corrected chi connectivity index (χ0v) is 15.5. The van der Waals surface area contributed by atoms with E-state index in [1.165, 1.54) is 23.5 Å². The second-order valence-corrected chi connectivity index (χ2v) is 7.38. The molecule has 3 aromatic rings. The van der Waals surface area contributed by atoms with Crippen molar-refractivity contribution in [3.05, 3.63) is 88.9 Å². The molecule has 0 fully saturated rings. The molecule has 0 N–H and O–H groups in total. The van der Waals surface area contributed by atoms with Gasteiger partial charge in [-0.1, -0.05) is 41.1 Å². The molecule has 0 aliphatic carbocycles. The summed E-state index contributed by atoms with van der Waals surface area (Å²) >= 11 is 7.32. The molecule has 1 aromatic heterocycles. The smallest absolute Gasteiger partial charge is 0.271 e. The molecule has 1 aliphatic heterocycles. The standard InChI is InChI=1S/C18H13ClN4O3S/c19-13-4-1-3-12(7-13)8-16-17(24)22-11-21(10-20-18(22)27-16)14-5-2-6-15(9-14)23(25)26/h1-9H,10-11H2. The number of hydrogen-bond donors (Lipinski definition) is 0. The molecular formula is C18H13ClN4O3S. The van der Waals surface area contributed by atoms with Crippen molar-refractivity contribution in [1.82, 2.24) is 4.57 Å². The minimum Gasteiger partial charge on any atom is -0.333 e. The van der Waals surface area contributed by atoms with Crippen molar-refractivity contribution >= 4 is 40.4 Å². The number of hydrogen-bond acceptors (Lipinski definition) is 6. The van der Waals surface area contributed by atoms with Crippen LogP contribution in [0.2, 0.25) is 5.02 Å². The number of rotatable bonds is 3. The molecule has 9 heteroatoms. The van der Waals surface area contributed by atoms with Crippen molar-refractivity contribution in [3.8, 4) is 0 Å². The quantitative estimate of drug-likeness (QED) is 0.499. The van der Waals surface area contributed by atoms with Crippen LogP contribution in [-0.4, -0.2) is 16.2 Å². The van der Waals surface area contributed by atoms with Crippen LogP contribution in [0.1, 0.15) is 5.56 Å². The van der Waals surface area contributed by atoms with Crippen LogP contribution in [0.15, 0.2) is 58.3 Å². The highest BCUT2D eigenvalue weighted by molar-refractivity contribution is 7.07. The van der Waals surface area contributed by atoms with Crippen molar-refractivity contribution in [1.29, 1.82) is 0 Å². The molecule has 0 bridgehead atoms. The van der Waals surface area contributed by atoms with Gasteiger partial charge < -0.3 is 4.90 Å². The van der Waals surface area contributed by atoms with E-state index in [-0.39, 0.29) is 11.2 Å². The number of halogens is 1. The SMILES string of the molecule is O=c1c(=Cc2cccc(Cl)c2)sc2n1CN(c1cccc([N+](=O)[O-])c1)CN=2. The van der Waals surface area contributed by atoms with Gasteiger partial charge in [0.15, 0.2) is 4.80 Å². The first-order valence-electron chi connectivity index (χ1n) is 8.02. The number of anilines is 1. The molecule has 0 saturated carbocycles. The zero-order valence-electron chi connectivity index (χ0n) is 13.9. The third-order valence-electron chi connectivity index (χ3n) is 4.13. The molecule has 0 unspecified atom stereocenters. The van der Waals surface area contributed by atoms with Gasteiger partial charge in [0.1, 0.15) is 13.3 Å². The molecule has 1 aliphatic rings. The third-order valence-corrected chi connectivity index (χ3v) is 5.41. The summed E-state index contributed by atoms with van der Waals surface area (Å²) in [4.78, 5) is 30.2. The molecule has 0 amide bonds. The molecule has 2 heterocycles. The average molecular weight is 401 g/mol. The summed E-state index contributed by atoms with van der Waals surface area (Å²) in [6.45, 7) is 0.621. The Kier molecular flexibility index (Phi) is 4.51. The molecule has 136 valence electrons. The van der Waals surface area contributed by atoms with Crippen LogP contribution in [0.3, 0.4) is 0 Å². The van der Waals surface area contributed by atoms with Crippen LogP contribution < -0.4 is 19.8 Å². The van der Waals surface area contributed by atoms with Crippen molar-refractivity contribution < 1.29 is 4.92 Å². The summed E-state index contributed by atoms with van der Waals surface area (Å²) in [5, 5.41) is 11.6. The predicted molar refractivity (Wildman–Crippen MR) is 105 cm³/mol. The number of non-ortho nitro benzene ring substituents is 1. The van der Waals surface area contributed by atoms with Crippen LogP contribution in [-0.2, 0) is 6.67 Å². The van der Waals surface area contributed by atoms with Crippen LogP contribution in [0.25, 0.3) is 6.08 Å². The lowest BCUT2D eigenvalue weighted by atomic mass is 10.2. The Balaban J connectivity index is 1.70. The summed E-state index contributed by atoms with van der Waals surface area (Å²) in [7, 11) is 0. The summed E-state index contributed by atoms with van der Waals surface area (Å²) in [5.74, 6) is 0. The van der Waals surface area contributed by atoms with E-state index in [0.29, 0.717) is 33.4 Å².